The van der Waals surface area contributed by atoms with Gasteiger partial charge >= 0.3 is 0 Å². The van der Waals surface area contributed by atoms with E-state index in [9.17, 15) is 9.59 Å². The molecule has 112 valence electrons. The first-order valence-corrected chi connectivity index (χ1v) is 8.82. The van der Waals surface area contributed by atoms with Crippen LogP contribution in [0.5, 0.6) is 0 Å². The second-order valence-corrected chi connectivity index (χ2v) is 7.83. The first kappa shape index (κ1) is 14.2. The summed E-state index contributed by atoms with van der Waals surface area (Å²) in [5, 5.41) is 0. The van der Waals surface area contributed by atoms with Gasteiger partial charge in [-0.3, -0.25) is 9.59 Å². The Hall–Kier alpha value is -0.710. The van der Waals surface area contributed by atoms with Crippen LogP contribution in [-0.4, -0.2) is 50.9 Å². The fourth-order valence-corrected chi connectivity index (χ4v) is 5.43. The van der Waals surface area contributed by atoms with Crippen LogP contribution < -0.4 is 0 Å². The number of nitrogens with zero attached hydrogens (tertiary/aromatic N) is 2. The third kappa shape index (κ3) is 2.14. The molecule has 0 aromatic heterocycles. The summed E-state index contributed by atoms with van der Waals surface area (Å²) in [6.45, 7) is 4.94. The maximum Gasteiger partial charge on any atom is 0.246 e. The molecule has 0 unspecified atom stereocenters. The Morgan fingerprint density at radius 2 is 2.15 bits per heavy atom. The van der Waals surface area contributed by atoms with Crippen LogP contribution >= 0.6 is 11.8 Å². The van der Waals surface area contributed by atoms with E-state index in [4.69, 9.17) is 0 Å². The van der Waals surface area contributed by atoms with Gasteiger partial charge in [0.1, 0.15) is 6.04 Å². The summed E-state index contributed by atoms with van der Waals surface area (Å²) in [6.07, 6.45) is 6.20. The molecule has 2 atom stereocenters. The first-order chi connectivity index (χ1) is 9.57. The number of fused-ring (bicyclic) bond motifs is 1. The quantitative estimate of drug-likeness (QED) is 0.802. The predicted molar refractivity (Wildman–Crippen MR) is 80.4 cm³/mol. The van der Waals surface area contributed by atoms with Crippen LogP contribution in [-0.2, 0) is 9.59 Å². The standard InChI is InChI=1S/C15H24N2O2S/c1-3-16(11-6-4-5-7-11)14(19)12-10-20-15(2)9-8-13(18)17(12)15/h11-12H,3-10H2,1-2H3/t12-,15+/m1/s1. The lowest BCUT2D eigenvalue weighted by atomic mass is 10.1. The van der Waals surface area contributed by atoms with Crippen molar-refractivity contribution in [3.8, 4) is 0 Å². The highest BCUT2D eigenvalue weighted by Gasteiger charge is 2.53. The summed E-state index contributed by atoms with van der Waals surface area (Å²) in [7, 11) is 0. The van der Waals surface area contributed by atoms with Crippen molar-refractivity contribution in [2.75, 3.05) is 12.3 Å². The van der Waals surface area contributed by atoms with Gasteiger partial charge in [-0.1, -0.05) is 12.8 Å². The molecule has 3 aliphatic rings. The van der Waals surface area contributed by atoms with Crippen LogP contribution in [0.25, 0.3) is 0 Å². The molecule has 3 rings (SSSR count). The molecule has 20 heavy (non-hydrogen) atoms. The molecule has 3 fully saturated rings. The summed E-state index contributed by atoms with van der Waals surface area (Å²) >= 11 is 1.78. The molecule has 0 radical (unpaired) electrons. The van der Waals surface area contributed by atoms with Crippen LogP contribution in [0.15, 0.2) is 0 Å². The minimum atomic E-state index is -0.222. The van der Waals surface area contributed by atoms with E-state index >= 15 is 0 Å². The van der Waals surface area contributed by atoms with E-state index in [0.717, 1.165) is 31.6 Å². The smallest absolute Gasteiger partial charge is 0.246 e. The number of amides is 2. The van der Waals surface area contributed by atoms with E-state index in [0.29, 0.717) is 12.5 Å². The number of carbonyl (C=O) groups excluding carboxylic acids is 2. The molecule has 2 heterocycles. The van der Waals surface area contributed by atoms with Crippen molar-refractivity contribution < 1.29 is 9.59 Å². The lowest BCUT2D eigenvalue weighted by Gasteiger charge is -2.35. The van der Waals surface area contributed by atoms with Crippen molar-refractivity contribution in [3.05, 3.63) is 0 Å². The number of thioether (sulfide) groups is 1. The molecule has 0 aromatic rings. The second-order valence-electron chi connectivity index (χ2n) is 6.33. The van der Waals surface area contributed by atoms with Gasteiger partial charge in [0, 0.05) is 24.8 Å². The van der Waals surface area contributed by atoms with Crippen molar-refractivity contribution in [2.45, 2.75) is 69.3 Å². The van der Waals surface area contributed by atoms with Crippen molar-refractivity contribution >= 4 is 23.6 Å². The van der Waals surface area contributed by atoms with E-state index in [-0.39, 0.29) is 22.7 Å². The third-order valence-corrected chi connectivity index (χ3v) is 6.62. The van der Waals surface area contributed by atoms with Gasteiger partial charge in [-0.2, -0.15) is 0 Å². The number of hydrogen-bond donors (Lipinski definition) is 0. The Morgan fingerprint density at radius 3 is 2.80 bits per heavy atom. The van der Waals surface area contributed by atoms with Crippen LogP contribution in [0.1, 0.15) is 52.4 Å². The highest BCUT2D eigenvalue weighted by Crippen LogP contribution is 2.47. The second kappa shape index (κ2) is 5.24. The summed E-state index contributed by atoms with van der Waals surface area (Å²) < 4.78 is 0. The monoisotopic (exact) mass is 296 g/mol. The summed E-state index contributed by atoms with van der Waals surface area (Å²) in [5.41, 5.74) is 0. The van der Waals surface area contributed by atoms with Gasteiger partial charge in [-0.15, -0.1) is 11.8 Å². The normalized spacial score (nSPS) is 33.8. The molecular weight excluding hydrogens is 272 g/mol. The van der Waals surface area contributed by atoms with Crippen molar-refractivity contribution in [3.63, 3.8) is 0 Å². The average molecular weight is 296 g/mol. The Labute approximate surface area is 125 Å². The van der Waals surface area contributed by atoms with Gasteiger partial charge in [0.2, 0.25) is 11.8 Å². The molecule has 0 aromatic carbocycles. The van der Waals surface area contributed by atoms with Crippen LogP contribution in [0.3, 0.4) is 0 Å². The van der Waals surface area contributed by atoms with Gasteiger partial charge in [-0.25, -0.2) is 0 Å². The van der Waals surface area contributed by atoms with Gasteiger partial charge in [0.25, 0.3) is 0 Å². The highest BCUT2D eigenvalue weighted by molar-refractivity contribution is 8.01. The molecule has 2 aliphatic heterocycles. The summed E-state index contributed by atoms with van der Waals surface area (Å²) in [5.74, 6) is 1.12. The molecular formula is C15H24N2O2S. The van der Waals surface area contributed by atoms with Crippen LogP contribution in [0, 0.1) is 0 Å². The molecule has 1 saturated carbocycles. The fraction of sp³-hybridized carbons (Fsp3) is 0.867. The van der Waals surface area contributed by atoms with E-state index in [1.807, 2.05) is 9.80 Å². The Balaban J connectivity index is 1.78. The minimum absolute atomic E-state index is 0.132. The third-order valence-electron chi connectivity index (χ3n) is 5.12. The summed E-state index contributed by atoms with van der Waals surface area (Å²) in [4.78, 5) is 28.9. The topological polar surface area (TPSA) is 40.6 Å². The largest absolute Gasteiger partial charge is 0.338 e. The Bertz CT molecular complexity index is 422. The maximum absolute atomic E-state index is 12.9. The van der Waals surface area contributed by atoms with Gasteiger partial charge in [0.15, 0.2) is 0 Å². The molecule has 5 heteroatoms. The Morgan fingerprint density at radius 1 is 1.45 bits per heavy atom. The molecule has 0 N–H and O–H groups in total. The zero-order valence-electron chi connectivity index (χ0n) is 12.4. The SMILES string of the molecule is CCN(C(=O)[C@H]1CS[C@@]2(C)CCC(=O)N12)C1CCCC1. The highest BCUT2D eigenvalue weighted by atomic mass is 32.2. The lowest BCUT2D eigenvalue weighted by Crippen LogP contribution is -2.53. The fourth-order valence-electron chi connectivity index (χ4n) is 4.00. The van der Waals surface area contributed by atoms with Crippen molar-refractivity contribution in [1.82, 2.24) is 9.80 Å². The Kier molecular flexibility index (Phi) is 3.73. The van der Waals surface area contributed by atoms with Crippen molar-refractivity contribution in [2.24, 2.45) is 0 Å². The molecule has 1 aliphatic carbocycles. The molecule has 2 saturated heterocycles. The summed E-state index contributed by atoms with van der Waals surface area (Å²) in [6, 6.07) is 0.183. The zero-order chi connectivity index (χ0) is 14.3. The van der Waals surface area contributed by atoms with Crippen LogP contribution in [0.4, 0.5) is 0 Å². The van der Waals surface area contributed by atoms with E-state index in [2.05, 4.69) is 13.8 Å². The number of carbonyl (C=O) groups is 2. The lowest BCUT2D eigenvalue weighted by molar-refractivity contribution is -0.145. The van der Waals surface area contributed by atoms with Gasteiger partial charge in [0.05, 0.1) is 4.87 Å². The zero-order valence-corrected chi connectivity index (χ0v) is 13.2. The molecule has 4 nitrogen and oxygen atoms in total. The minimum Gasteiger partial charge on any atom is -0.338 e. The van der Waals surface area contributed by atoms with Crippen LogP contribution in [0.2, 0.25) is 0 Å². The van der Waals surface area contributed by atoms with Gasteiger partial charge in [-0.05, 0) is 33.1 Å². The average Bonchev–Trinajstić information content (AvgIpc) is 3.10. The van der Waals surface area contributed by atoms with E-state index in [1.165, 1.54) is 12.8 Å². The van der Waals surface area contributed by atoms with Crippen molar-refractivity contribution in [1.29, 1.82) is 0 Å². The molecule has 2 amide bonds. The predicted octanol–water partition coefficient (Wildman–Crippen LogP) is 2.23. The molecule has 0 bridgehead atoms. The van der Waals surface area contributed by atoms with Gasteiger partial charge < -0.3 is 9.80 Å². The number of hydrogen-bond acceptors (Lipinski definition) is 3. The van der Waals surface area contributed by atoms with E-state index < -0.39 is 0 Å². The number of rotatable bonds is 3. The van der Waals surface area contributed by atoms with E-state index in [1.54, 1.807) is 11.8 Å². The first-order valence-electron chi connectivity index (χ1n) is 7.83. The molecule has 0 spiro atoms. The maximum atomic E-state index is 12.9. The number of likely N-dealkylation sites (N-methyl/N-ethyl adjacent to an activating group) is 1.